The Bertz CT molecular complexity index is 370. The molecule has 1 saturated heterocycles. The zero-order valence-electron chi connectivity index (χ0n) is 8.34. The average molecular weight is 211 g/mol. The summed E-state index contributed by atoms with van der Waals surface area (Å²) in [6.07, 6.45) is 2.63. The lowest BCUT2D eigenvalue weighted by molar-refractivity contribution is -0.389. The van der Waals surface area contributed by atoms with Crippen molar-refractivity contribution in [3.63, 3.8) is 0 Å². The van der Waals surface area contributed by atoms with E-state index in [1.54, 1.807) is 11.6 Å². The molecule has 1 aromatic rings. The van der Waals surface area contributed by atoms with Gasteiger partial charge in [-0.3, -0.25) is 0 Å². The maximum Gasteiger partial charge on any atom is 0.394 e. The number of ether oxygens (including phenoxy) is 1. The maximum atomic E-state index is 10.5. The lowest BCUT2D eigenvalue weighted by Gasteiger charge is -2.28. The number of hydrogen-bond acceptors (Lipinski definition) is 5. The van der Waals surface area contributed by atoms with Crippen molar-refractivity contribution in [2.75, 3.05) is 31.3 Å². The first-order chi connectivity index (χ1) is 7.18. The summed E-state index contributed by atoms with van der Waals surface area (Å²) in [4.78, 5) is 13.8. The first-order valence-electron chi connectivity index (χ1n) is 4.64. The van der Waals surface area contributed by atoms with Crippen LogP contribution >= 0.6 is 0 Å². The Hall–Kier alpha value is -1.63. The first-order valence-corrected chi connectivity index (χ1v) is 4.64. The third-order valence-electron chi connectivity index (χ3n) is 2.22. The molecule has 2 rings (SSSR count). The SMILES string of the molecule is Cc1nc([N+](=O)[O-])[c]n1N1CCOCC1. The molecule has 0 aliphatic carbocycles. The lowest BCUT2D eigenvalue weighted by Crippen LogP contribution is -2.44. The van der Waals surface area contributed by atoms with Crippen LogP contribution < -0.4 is 5.01 Å². The molecule has 0 saturated carbocycles. The fourth-order valence-electron chi connectivity index (χ4n) is 1.51. The van der Waals surface area contributed by atoms with Crippen molar-refractivity contribution in [2.24, 2.45) is 0 Å². The molecule has 0 atom stereocenters. The first kappa shape index (κ1) is 9.91. The number of rotatable bonds is 2. The van der Waals surface area contributed by atoms with E-state index in [1.807, 2.05) is 5.01 Å². The molecular formula is C8H11N4O3. The molecule has 2 heterocycles. The molecule has 81 valence electrons. The van der Waals surface area contributed by atoms with Crippen molar-refractivity contribution < 1.29 is 9.66 Å². The van der Waals surface area contributed by atoms with Gasteiger partial charge < -0.3 is 19.9 Å². The Morgan fingerprint density at radius 3 is 2.73 bits per heavy atom. The van der Waals surface area contributed by atoms with Crippen LogP contribution in [0.2, 0.25) is 0 Å². The molecule has 7 nitrogen and oxygen atoms in total. The maximum absolute atomic E-state index is 10.5. The van der Waals surface area contributed by atoms with E-state index < -0.39 is 4.92 Å². The number of aromatic nitrogens is 2. The molecule has 15 heavy (non-hydrogen) atoms. The van der Waals surface area contributed by atoms with Gasteiger partial charge in [-0.25, -0.2) is 4.68 Å². The minimum Gasteiger partial charge on any atom is -0.378 e. The number of nitro groups is 1. The quantitative estimate of drug-likeness (QED) is 0.503. The summed E-state index contributed by atoms with van der Waals surface area (Å²) in [5, 5.41) is 12.4. The lowest BCUT2D eigenvalue weighted by atomic mass is 10.5. The third-order valence-corrected chi connectivity index (χ3v) is 2.22. The van der Waals surface area contributed by atoms with Crippen LogP contribution in [0.3, 0.4) is 0 Å². The number of aryl methyl sites for hydroxylation is 1. The monoisotopic (exact) mass is 211 g/mol. The standard InChI is InChI=1S/C8H11N4O3/c1-7-9-8(12(13)14)6-11(7)10-2-4-15-5-3-10/h2-5H2,1H3. The van der Waals surface area contributed by atoms with Gasteiger partial charge in [0.25, 0.3) is 0 Å². The molecule has 7 heteroatoms. The second-order valence-electron chi connectivity index (χ2n) is 3.23. The van der Waals surface area contributed by atoms with Crippen molar-refractivity contribution >= 4 is 5.82 Å². The van der Waals surface area contributed by atoms with Gasteiger partial charge in [-0.15, -0.1) is 0 Å². The summed E-state index contributed by atoms with van der Waals surface area (Å²) in [6.45, 7) is 4.37. The highest BCUT2D eigenvalue weighted by Crippen LogP contribution is 2.10. The van der Waals surface area contributed by atoms with Crippen molar-refractivity contribution in [2.45, 2.75) is 6.92 Å². The van der Waals surface area contributed by atoms with Crippen LogP contribution in [0, 0.1) is 23.2 Å². The van der Waals surface area contributed by atoms with Crippen LogP contribution in [-0.4, -0.2) is 40.9 Å². The van der Waals surface area contributed by atoms with Gasteiger partial charge in [0.1, 0.15) is 0 Å². The highest BCUT2D eigenvalue weighted by molar-refractivity contribution is 5.17. The summed E-state index contributed by atoms with van der Waals surface area (Å²) in [7, 11) is 0. The zero-order valence-corrected chi connectivity index (χ0v) is 8.34. The van der Waals surface area contributed by atoms with Gasteiger partial charge in [0.15, 0.2) is 6.20 Å². The zero-order chi connectivity index (χ0) is 10.8. The van der Waals surface area contributed by atoms with Crippen LogP contribution in [0.4, 0.5) is 5.82 Å². The van der Waals surface area contributed by atoms with Gasteiger partial charge in [-0.2, -0.15) is 0 Å². The molecule has 0 aromatic carbocycles. The van der Waals surface area contributed by atoms with Gasteiger partial charge in [-0.05, 0) is 9.91 Å². The van der Waals surface area contributed by atoms with E-state index >= 15 is 0 Å². The molecule has 0 N–H and O–H groups in total. The molecular weight excluding hydrogens is 200 g/mol. The Morgan fingerprint density at radius 1 is 1.53 bits per heavy atom. The predicted octanol–water partition coefficient (Wildman–Crippen LogP) is -0.132. The van der Waals surface area contributed by atoms with Crippen molar-refractivity contribution in [3.05, 3.63) is 22.1 Å². The smallest absolute Gasteiger partial charge is 0.378 e. The second-order valence-corrected chi connectivity index (χ2v) is 3.23. The molecule has 1 radical (unpaired) electrons. The van der Waals surface area contributed by atoms with Crippen LogP contribution in [0.1, 0.15) is 5.82 Å². The minimum atomic E-state index is -0.538. The van der Waals surface area contributed by atoms with Crippen molar-refractivity contribution in [1.82, 2.24) is 9.66 Å². The summed E-state index contributed by atoms with van der Waals surface area (Å²) in [5.41, 5.74) is 0. The highest BCUT2D eigenvalue weighted by Gasteiger charge is 2.21. The fraction of sp³-hybridized carbons (Fsp3) is 0.625. The molecule has 0 unspecified atom stereocenters. The van der Waals surface area contributed by atoms with E-state index in [1.165, 1.54) is 0 Å². The topological polar surface area (TPSA) is 73.4 Å². The Labute approximate surface area is 86.4 Å². The molecule has 1 fully saturated rings. The third kappa shape index (κ3) is 1.91. The Balaban J connectivity index is 2.22. The number of imidazole rings is 1. The van der Waals surface area contributed by atoms with Crippen LogP contribution in [-0.2, 0) is 4.74 Å². The highest BCUT2D eigenvalue weighted by atomic mass is 16.6. The Morgan fingerprint density at radius 2 is 2.20 bits per heavy atom. The molecule has 1 aliphatic heterocycles. The van der Waals surface area contributed by atoms with Crippen LogP contribution in [0.15, 0.2) is 0 Å². The summed E-state index contributed by atoms with van der Waals surface area (Å²) in [5.74, 6) is 0.336. The summed E-state index contributed by atoms with van der Waals surface area (Å²) >= 11 is 0. The largest absolute Gasteiger partial charge is 0.394 e. The number of hydrogen-bond donors (Lipinski definition) is 0. The van der Waals surface area contributed by atoms with E-state index in [-0.39, 0.29) is 5.82 Å². The van der Waals surface area contributed by atoms with Gasteiger partial charge in [0, 0.05) is 6.92 Å². The van der Waals surface area contributed by atoms with Crippen molar-refractivity contribution in [3.8, 4) is 0 Å². The van der Waals surface area contributed by atoms with E-state index in [0.717, 1.165) is 0 Å². The van der Waals surface area contributed by atoms with Crippen LogP contribution in [0.5, 0.6) is 0 Å². The fourth-order valence-corrected chi connectivity index (χ4v) is 1.51. The molecule has 0 amide bonds. The van der Waals surface area contributed by atoms with Crippen molar-refractivity contribution in [1.29, 1.82) is 0 Å². The van der Waals surface area contributed by atoms with Gasteiger partial charge in [-0.1, -0.05) is 0 Å². The second kappa shape index (κ2) is 3.85. The van der Waals surface area contributed by atoms with E-state index in [0.29, 0.717) is 32.1 Å². The number of morpholine rings is 1. The normalized spacial score (nSPS) is 16.7. The van der Waals surface area contributed by atoms with E-state index in [4.69, 9.17) is 4.74 Å². The van der Waals surface area contributed by atoms with Gasteiger partial charge >= 0.3 is 5.82 Å². The molecule has 0 spiro atoms. The van der Waals surface area contributed by atoms with E-state index in [2.05, 4.69) is 11.2 Å². The predicted molar refractivity (Wildman–Crippen MR) is 51.2 cm³/mol. The molecule has 1 aromatic heterocycles. The molecule has 0 bridgehead atoms. The summed E-state index contributed by atoms with van der Waals surface area (Å²) in [6, 6.07) is 0. The van der Waals surface area contributed by atoms with Gasteiger partial charge in [0.2, 0.25) is 5.82 Å². The van der Waals surface area contributed by atoms with Crippen LogP contribution in [0.25, 0.3) is 0 Å². The Kier molecular flexibility index (Phi) is 2.55. The van der Waals surface area contributed by atoms with E-state index in [9.17, 15) is 10.1 Å². The average Bonchev–Trinajstić information content (AvgIpc) is 2.62. The summed E-state index contributed by atoms with van der Waals surface area (Å²) < 4.78 is 6.79. The van der Waals surface area contributed by atoms with Gasteiger partial charge in [0.05, 0.1) is 26.3 Å². The molecule has 1 aliphatic rings. The minimum absolute atomic E-state index is 0.237. The number of nitrogens with zero attached hydrogens (tertiary/aromatic N) is 4.